The molecule has 3 rings (SSSR count). The minimum atomic E-state index is -5.59. The van der Waals surface area contributed by atoms with Gasteiger partial charge >= 0.3 is 18.3 Å². The van der Waals surface area contributed by atoms with E-state index in [9.17, 15) is 43.9 Å². The van der Waals surface area contributed by atoms with Gasteiger partial charge in [-0.05, 0) is 34.8 Å². The molecule has 0 aliphatic heterocycles. The lowest BCUT2D eigenvalue weighted by atomic mass is 10.2. The molecule has 0 unspecified atom stereocenters. The molecular formula is C21H15ClF7N5O5S. The molecule has 2 N–H and O–H groups in total. The van der Waals surface area contributed by atoms with E-state index < -0.39 is 61.6 Å². The van der Waals surface area contributed by atoms with E-state index in [2.05, 4.69) is 30.2 Å². The summed E-state index contributed by atoms with van der Waals surface area (Å²) < 4.78 is 120. The zero-order chi connectivity index (χ0) is 29.9. The first-order valence-electron chi connectivity index (χ1n) is 10.4. The lowest BCUT2D eigenvalue weighted by Crippen LogP contribution is -2.36. The van der Waals surface area contributed by atoms with Crippen molar-refractivity contribution in [2.45, 2.75) is 17.2 Å². The molecule has 0 atom stereocenters. The number of hydrogen-bond donors (Lipinski definition) is 2. The standard InChI is InChI=1S/C21H15ClF7N5O5S/c1-34(39-19(35)21(27,28)29)40(36,37)16-7-14(15(6-13(16)23)38-9-20(24,25)26)33-18-8-17(30-10-31-18)32-12-4-2-11(22)3-5-12/h2-8,10H,9H2,1H3,(H2,30,31,32,33). The van der Waals surface area contributed by atoms with Crippen LogP contribution in [0.25, 0.3) is 0 Å². The fourth-order valence-electron chi connectivity index (χ4n) is 2.78. The second-order valence-corrected chi connectivity index (χ2v) is 9.86. The van der Waals surface area contributed by atoms with E-state index in [0.717, 1.165) is 6.33 Å². The highest BCUT2D eigenvalue weighted by atomic mass is 35.5. The number of benzene rings is 2. The van der Waals surface area contributed by atoms with Crippen LogP contribution in [0.3, 0.4) is 0 Å². The smallest absolute Gasteiger partial charge is 0.482 e. The minimum absolute atomic E-state index is 0.145. The van der Waals surface area contributed by atoms with E-state index in [-0.39, 0.29) is 17.7 Å². The quantitative estimate of drug-likeness (QED) is 0.242. The molecule has 0 bridgehead atoms. The molecular weight excluding hydrogens is 603 g/mol. The fourth-order valence-corrected chi connectivity index (χ4v) is 3.92. The van der Waals surface area contributed by atoms with Gasteiger partial charge in [0.25, 0.3) is 10.0 Å². The first-order chi connectivity index (χ1) is 18.5. The first kappa shape index (κ1) is 30.6. The summed E-state index contributed by atoms with van der Waals surface area (Å²) in [5.74, 6) is -5.51. The Morgan fingerprint density at radius 2 is 1.60 bits per heavy atom. The third-order valence-electron chi connectivity index (χ3n) is 4.53. The Balaban J connectivity index is 1.98. The first-order valence-corrected chi connectivity index (χ1v) is 12.2. The largest absolute Gasteiger partial charge is 0.492 e. The number of anilines is 4. The summed E-state index contributed by atoms with van der Waals surface area (Å²) in [5.41, 5.74) is -0.0780. The van der Waals surface area contributed by atoms with Gasteiger partial charge in [0.15, 0.2) is 6.61 Å². The molecule has 0 aliphatic rings. The van der Waals surface area contributed by atoms with Crippen molar-refractivity contribution in [3.63, 3.8) is 0 Å². The van der Waals surface area contributed by atoms with Gasteiger partial charge in [0.1, 0.15) is 34.4 Å². The van der Waals surface area contributed by atoms with Crippen molar-refractivity contribution >= 4 is 50.6 Å². The number of hydrogen-bond acceptors (Lipinski definition) is 9. The summed E-state index contributed by atoms with van der Waals surface area (Å²) >= 11 is 5.83. The SMILES string of the molecule is CN(OC(=O)C(F)(F)F)S(=O)(=O)c1cc(Nc2cc(Nc3ccc(Cl)cc3)ncn2)c(OCC(F)(F)F)cc1F. The number of alkyl halides is 6. The van der Waals surface area contributed by atoms with Gasteiger partial charge in [-0.2, -0.15) is 26.3 Å². The fraction of sp³-hybridized carbons (Fsp3) is 0.190. The summed E-state index contributed by atoms with van der Waals surface area (Å²) in [6.07, 6.45) is -9.45. The number of carbonyl (C=O) groups is 1. The van der Waals surface area contributed by atoms with Crippen LogP contribution in [0.1, 0.15) is 0 Å². The predicted molar refractivity (Wildman–Crippen MR) is 125 cm³/mol. The van der Waals surface area contributed by atoms with Crippen LogP contribution in [-0.4, -0.2) is 54.8 Å². The number of ether oxygens (including phenoxy) is 1. The maximum atomic E-state index is 14.7. The normalized spacial score (nSPS) is 12.2. The molecule has 0 amide bonds. The molecule has 1 aromatic heterocycles. The number of sulfonamides is 1. The van der Waals surface area contributed by atoms with E-state index in [0.29, 0.717) is 23.8 Å². The Bertz CT molecular complexity index is 1490. The Morgan fingerprint density at radius 1 is 1.00 bits per heavy atom. The van der Waals surface area contributed by atoms with E-state index in [1.54, 1.807) is 24.3 Å². The predicted octanol–water partition coefficient (Wildman–Crippen LogP) is 5.34. The van der Waals surface area contributed by atoms with E-state index in [4.69, 9.17) is 11.6 Å². The van der Waals surface area contributed by atoms with E-state index in [1.807, 2.05) is 0 Å². The van der Waals surface area contributed by atoms with Gasteiger partial charge in [0.05, 0.1) is 5.69 Å². The van der Waals surface area contributed by atoms with Crippen molar-refractivity contribution in [3.8, 4) is 5.75 Å². The second-order valence-electron chi connectivity index (χ2n) is 7.52. The summed E-state index contributed by atoms with van der Waals surface area (Å²) in [4.78, 5) is 21.2. The lowest BCUT2D eigenvalue weighted by Gasteiger charge is -2.20. The zero-order valence-electron chi connectivity index (χ0n) is 19.6. The third-order valence-corrected chi connectivity index (χ3v) is 6.40. The van der Waals surface area contributed by atoms with Crippen LogP contribution in [0.4, 0.5) is 53.7 Å². The highest BCUT2D eigenvalue weighted by Gasteiger charge is 2.44. The van der Waals surface area contributed by atoms with Crippen molar-refractivity contribution in [3.05, 3.63) is 59.6 Å². The van der Waals surface area contributed by atoms with E-state index >= 15 is 0 Å². The summed E-state index contributed by atoms with van der Waals surface area (Å²) in [6.45, 7) is -1.91. The minimum Gasteiger partial charge on any atom is -0.482 e. The molecule has 216 valence electrons. The van der Waals surface area contributed by atoms with Gasteiger partial charge in [0, 0.05) is 29.9 Å². The average Bonchev–Trinajstić information content (AvgIpc) is 2.84. The molecule has 0 fully saturated rings. The van der Waals surface area contributed by atoms with Gasteiger partial charge < -0.3 is 20.2 Å². The molecule has 40 heavy (non-hydrogen) atoms. The highest BCUT2D eigenvalue weighted by Crippen LogP contribution is 2.35. The molecule has 2 aromatic carbocycles. The van der Waals surface area contributed by atoms with Crippen molar-refractivity contribution < 1.29 is 53.5 Å². The maximum absolute atomic E-state index is 14.7. The van der Waals surface area contributed by atoms with E-state index in [1.165, 1.54) is 6.07 Å². The number of hydroxylamine groups is 1. The van der Waals surface area contributed by atoms with Crippen LogP contribution in [0, 0.1) is 5.82 Å². The highest BCUT2D eigenvalue weighted by molar-refractivity contribution is 7.89. The molecule has 19 heteroatoms. The number of carbonyl (C=O) groups excluding carboxylic acids is 1. The monoisotopic (exact) mass is 617 g/mol. The number of rotatable bonds is 9. The van der Waals surface area contributed by atoms with Crippen LogP contribution < -0.4 is 15.4 Å². The maximum Gasteiger partial charge on any atom is 0.492 e. The molecule has 0 radical (unpaired) electrons. The molecule has 0 spiro atoms. The van der Waals surface area contributed by atoms with Crippen molar-refractivity contribution in [2.24, 2.45) is 0 Å². The van der Waals surface area contributed by atoms with Gasteiger partial charge in [-0.1, -0.05) is 11.6 Å². The van der Waals surface area contributed by atoms with Gasteiger partial charge in [0.2, 0.25) is 0 Å². The topological polar surface area (TPSA) is 123 Å². The van der Waals surface area contributed by atoms with Gasteiger partial charge in [-0.25, -0.2) is 27.6 Å². The second kappa shape index (κ2) is 11.7. The van der Waals surface area contributed by atoms with Crippen LogP contribution in [-0.2, 0) is 19.7 Å². The molecule has 10 nitrogen and oxygen atoms in total. The van der Waals surface area contributed by atoms with Crippen molar-refractivity contribution in [1.29, 1.82) is 0 Å². The molecule has 3 aromatic rings. The molecule has 0 aliphatic carbocycles. The molecule has 0 saturated heterocycles. The Kier molecular flexibility index (Phi) is 8.95. The van der Waals surface area contributed by atoms with Crippen LogP contribution >= 0.6 is 11.6 Å². The third kappa shape index (κ3) is 8.06. The summed E-state index contributed by atoms with van der Waals surface area (Å²) in [6, 6.07) is 8.23. The summed E-state index contributed by atoms with van der Waals surface area (Å²) in [7, 11) is -4.94. The molecule has 0 saturated carbocycles. The number of aromatic nitrogens is 2. The number of nitrogens with one attached hydrogen (secondary N) is 2. The van der Waals surface area contributed by atoms with Gasteiger partial charge in [-0.15, -0.1) is 0 Å². The Morgan fingerprint density at radius 3 is 2.17 bits per heavy atom. The number of halogens is 8. The van der Waals surface area contributed by atoms with Crippen molar-refractivity contribution in [1.82, 2.24) is 14.4 Å². The van der Waals surface area contributed by atoms with Crippen LogP contribution in [0.15, 0.2) is 53.7 Å². The van der Waals surface area contributed by atoms with Crippen LogP contribution in [0.2, 0.25) is 5.02 Å². The molecule has 1 heterocycles. The average molecular weight is 618 g/mol. The number of nitrogens with zero attached hydrogens (tertiary/aromatic N) is 3. The Labute approximate surface area is 225 Å². The van der Waals surface area contributed by atoms with Crippen LogP contribution in [0.5, 0.6) is 5.75 Å². The van der Waals surface area contributed by atoms with Crippen molar-refractivity contribution in [2.75, 3.05) is 24.3 Å². The summed E-state index contributed by atoms with van der Waals surface area (Å²) in [5, 5.41) is 5.77. The lowest BCUT2D eigenvalue weighted by molar-refractivity contribution is -0.219. The zero-order valence-corrected chi connectivity index (χ0v) is 21.2. The van der Waals surface area contributed by atoms with Gasteiger partial charge in [-0.3, -0.25) is 0 Å². The Hall–Kier alpha value is -3.90.